The zero-order valence-corrected chi connectivity index (χ0v) is 12.1. The van der Waals surface area contributed by atoms with E-state index in [-0.39, 0.29) is 24.5 Å². The summed E-state index contributed by atoms with van der Waals surface area (Å²) in [5.41, 5.74) is 0. The number of halogens is 2. The van der Waals surface area contributed by atoms with Crippen molar-refractivity contribution >= 4 is 6.03 Å². The minimum absolute atomic E-state index is 0.0344. The number of nitrogens with zero attached hydrogens (tertiary/aromatic N) is 4. The van der Waals surface area contributed by atoms with Crippen molar-refractivity contribution in [3.05, 3.63) is 11.7 Å². The van der Waals surface area contributed by atoms with E-state index in [1.54, 1.807) is 11.9 Å². The summed E-state index contributed by atoms with van der Waals surface area (Å²) in [6.07, 6.45) is -0.788. The zero-order chi connectivity index (χ0) is 15.4. The highest BCUT2D eigenvalue weighted by Gasteiger charge is 2.24. The van der Waals surface area contributed by atoms with E-state index in [1.165, 1.54) is 0 Å². The number of hydrogen-bond donors (Lipinski definition) is 1. The van der Waals surface area contributed by atoms with E-state index in [9.17, 15) is 13.6 Å². The molecule has 9 heteroatoms. The third kappa shape index (κ3) is 4.10. The highest BCUT2D eigenvalue weighted by Crippen LogP contribution is 2.15. The lowest BCUT2D eigenvalue weighted by atomic mass is 10.1. The van der Waals surface area contributed by atoms with Gasteiger partial charge in [-0.15, -0.1) is 0 Å². The largest absolute Gasteiger partial charge is 0.337 e. The molecule has 0 aromatic carbocycles. The summed E-state index contributed by atoms with van der Waals surface area (Å²) in [4.78, 5) is 19.3. The molecule has 1 aliphatic rings. The number of carbonyl (C=O) groups excluding carboxylic acids is 1. The number of aromatic nitrogens is 2. The number of urea groups is 1. The molecule has 1 aromatic rings. The highest BCUT2D eigenvalue weighted by atomic mass is 19.3. The minimum Gasteiger partial charge on any atom is -0.337 e. The molecule has 1 fully saturated rings. The van der Waals surface area contributed by atoms with Crippen LogP contribution >= 0.6 is 0 Å². The highest BCUT2D eigenvalue weighted by molar-refractivity contribution is 5.74. The van der Waals surface area contributed by atoms with Crippen molar-refractivity contribution in [3.8, 4) is 0 Å². The number of hydrogen-bond acceptors (Lipinski definition) is 5. The number of nitrogens with one attached hydrogen (secondary N) is 1. The molecule has 1 aromatic heterocycles. The first-order valence-corrected chi connectivity index (χ1v) is 6.77. The number of alkyl halides is 2. The fourth-order valence-electron chi connectivity index (χ4n) is 2.33. The standard InChI is InChI=1S/C12H19F2N5O2/c1-18-5-3-4-8(7-18)19(2)12(20)15-6-9-16-11(10(13)14)17-21-9/h8,10H,3-7H2,1-2H3,(H,15,20). The Balaban J connectivity index is 1.82. The smallest absolute Gasteiger partial charge is 0.317 e. The number of amides is 2. The lowest BCUT2D eigenvalue weighted by molar-refractivity contribution is 0.136. The van der Waals surface area contributed by atoms with Gasteiger partial charge < -0.3 is 19.6 Å². The Labute approximate surface area is 121 Å². The van der Waals surface area contributed by atoms with Crippen LogP contribution in [-0.2, 0) is 6.54 Å². The second-order valence-corrected chi connectivity index (χ2v) is 5.17. The SMILES string of the molecule is CN1CCCC(N(C)C(=O)NCc2nc(C(F)F)no2)C1. The zero-order valence-electron chi connectivity index (χ0n) is 12.1. The van der Waals surface area contributed by atoms with E-state index in [4.69, 9.17) is 0 Å². The number of likely N-dealkylation sites (N-methyl/N-ethyl adjacent to an activating group) is 2. The van der Waals surface area contributed by atoms with Crippen molar-refractivity contribution < 1.29 is 18.1 Å². The Kier molecular flexibility index (Phi) is 5.05. The van der Waals surface area contributed by atoms with Gasteiger partial charge >= 0.3 is 12.5 Å². The van der Waals surface area contributed by atoms with Gasteiger partial charge in [0.25, 0.3) is 0 Å². The van der Waals surface area contributed by atoms with Gasteiger partial charge in [-0.3, -0.25) is 0 Å². The maximum Gasteiger partial charge on any atom is 0.317 e. The molecule has 0 aliphatic carbocycles. The summed E-state index contributed by atoms with van der Waals surface area (Å²) >= 11 is 0. The maximum absolute atomic E-state index is 12.3. The maximum atomic E-state index is 12.3. The lowest BCUT2D eigenvalue weighted by Crippen LogP contribution is -2.50. The van der Waals surface area contributed by atoms with E-state index in [0.717, 1.165) is 25.9 Å². The van der Waals surface area contributed by atoms with Gasteiger partial charge in [0.15, 0.2) is 0 Å². The van der Waals surface area contributed by atoms with Crippen LogP contribution in [-0.4, -0.2) is 59.2 Å². The summed E-state index contributed by atoms with van der Waals surface area (Å²) in [6, 6.07) is -0.143. The molecule has 0 radical (unpaired) electrons. The fraction of sp³-hybridized carbons (Fsp3) is 0.750. The second kappa shape index (κ2) is 6.79. The summed E-state index contributed by atoms with van der Waals surface area (Å²) < 4.78 is 29.2. The molecule has 0 saturated carbocycles. The van der Waals surface area contributed by atoms with Crippen molar-refractivity contribution in [2.24, 2.45) is 0 Å². The van der Waals surface area contributed by atoms with Gasteiger partial charge in [0.2, 0.25) is 11.7 Å². The van der Waals surface area contributed by atoms with Gasteiger partial charge in [0.1, 0.15) is 0 Å². The molecule has 21 heavy (non-hydrogen) atoms. The molecule has 118 valence electrons. The Bertz CT molecular complexity index is 482. The Morgan fingerprint density at radius 3 is 3.00 bits per heavy atom. The molecule has 2 rings (SSSR count). The molecule has 1 atom stereocenters. The van der Waals surface area contributed by atoms with Crippen LogP contribution < -0.4 is 5.32 Å². The number of likely N-dealkylation sites (tertiary alicyclic amines) is 1. The normalized spacial score (nSPS) is 19.8. The number of rotatable bonds is 4. The molecular formula is C12H19F2N5O2. The van der Waals surface area contributed by atoms with E-state index < -0.39 is 12.2 Å². The minimum atomic E-state index is -2.78. The third-order valence-electron chi connectivity index (χ3n) is 3.54. The van der Waals surface area contributed by atoms with E-state index in [2.05, 4.69) is 24.9 Å². The van der Waals surface area contributed by atoms with Crippen LogP contribution in [0.4, 0.5) is 13.6 Å². The summed E-state index contributed by atoms with van der Waals surface area (Å²) in [5.74, 6) is -0.700. The average Bonchev–Trinajstić information content (AvgIpc) is 2.93. The van der Waals surface area contributed by atoms with Crippen LogP contribution in [0.15, 0.2) is 4.52 Å². The van der Waals surface area contributed by atoms with E-state index in [0.29, 0.717) is 0 Å². The monoisotopic (exact) mass is 303 g/mol. The van der Waals surface area contributed by atoms with Crippen molar-refractivity contribution in [2.45, 2.75) is 31.9 Å². The molecule has 0 bridgehead atoms. The third-order valence-corrected chi connectivity index (χ3v) is 3.54. The van der Waals surface area contributed by atoms with Crippen LogP contribution in [0.1, 0.15) is 31.0 Å². The molecule has 0 spiro atoms. The van der Waals surface area contributed by atoms with Crippen LogP contribution in [0.2, 0.25) is 0 Å². The summed E-state index contributed by atoms with van der Waals surface area (Å²) in [7, 11) is 3.74. The van der Waals surface area contributed by atoms with Gasteiger partial charge in [-0.05, 0) is 26.4 Å². The molecule has 7 nitrogen and oxygen atoms in total. The van der Waals surface area contributed by atoms with E-state index >= 15 is 0 Å². The van der Waals surface area contributed by atoms with Crippen LogP contribution in [0, 0.1) is 0 Å². The van der Waals surface area contributed by atoms with Crippen LogP contribution in [0.3, 0.4) is 0 Å². The summed E-state index contributed by atoms with van der Waals surface area (Å²) in [5, 5.41) is 5.72. The molecule has 2 heterocycles. The first-order chi connectivity index (χ1) is 9.97. The van der Waals surface area contributed by atoms with Crippen molar-refractivity contribution in [2.75, 3.05) is 27.2 Å². The van der Waals surface area contributed by atoms with Gasteiger partial charge in [0, 0.05) is 19.6 Å². The Hall–Kier alpha value is -1.77. The second-order valence-electron chi connectivity index (χ2n) is 5.17. The van der Waals surface area contributed by atoms with Crippen LogP contribution in [0.25, 0.3) is 0 Å². The first-order valence-electron chi connectivity index (χ1n) is 6.77. The van der Waals surface area contributed by atoms with Gasteiger partial charge in [-0.25, -0.2) is 13.6 Å². The molecule has 2 amide bonds. The molecule has 1 N–H and O–H groups in total. The predicted molar refractivity (Wildman–Crippen MR) is 69.8 cm³/mol. The Morgan fingerprint density at radius 1 is 1.62 bits per heavy atom. The Morgan fingerprint density at radius 2 is 2.38 bits per heavy atom. The summed E-state index contributed by atoms with van der Waals surface area (Å²) in [6.45, 7) is 1.79. The van der Waals surface area contributed by atoms with Crippen molar-refractivity contribution in [1.82, 2.24) is 25.3 Å². The molecular weight excluding hydrogens is 284 g/mol. The van der Waals surface area contributed by atoms with Gasteiger partial charge in [-0.2, -0.15) is 4.98 Å². The van der Waals surface area contributed by atoms with Crippen molar-refractivity contribution in [3.63, 3.8) is 0 Å². The van der Waals surface area contributed by atoms with Crippen molar-refractivity contribution in [1.29, 1.82) is 0 Å². The predicted octanol–water partition coefficient (Wildman–Crippen LogP) is 1.24. The lowest BCUT2D eigenvalue weighted by Gasteiger charge is -2.35. The number of piperidine rings is 1. The average molecular weight is 303 g/mol. The van der Waals surface area contributed by atoms with E-state index in [1.807, 2.05) is 7.05 Å². The molecule has 1 saturated heterocycles. The van der Waals surface area contributed by atoms with Crippen LogP contribution in [0.5, 0.6) is 0 Å². The molecule has 1 unspecified atom stereocenters. The fourth-order valence-corrected chi connectivity index (χ4v) is 2.33. The molecule has 1 aliphatic heterocycles. The van der Waals surface area contributed by atoms with Gasteiger partial charge in [0.05, 0.1) is 6.54 Å². The first kappa shape index (κ1) is 15.6. The number of carbonyl (C=O) groups is 1. The van der Waals surface area contributed by atoms with Gasteiger partial charge in [-0.1, -0.05) is 5.16 Å². The quantitative estimate of drug-likeness (QED) is 0.906. The topological polar surface area (TPSA) is 74.5 Å².